The molecule has 158 valence electrons. The zero-order chi connectivity index (χ0) is 21.3. The number of nitrogens with one attached hydrogen (secondary N) is 2. The van der Waals surface area contributed by atoms with Gasteiger partial charge in [0.15, 0.2) is 11.5 Å². The molecule has 2 aromatic heterocycles. The van der Waals surface area contributed by atoms with Crippen molar-refractivity contribution in [2.45, 2.75) is 51.6 Å². The van der Waals surface area contributed by atoms with Crippen molar-refractivity contribution in [1.82, 2.24) is 14.6 Å². The molecule has 1 aliphatic carbocycles. The van der Waals surface area contributed by atoms with Gasteiger partial charge in [0.25, 0.3) is 0 Å². The van der Waals surface area contributed by atoms with Gasteiger partial charge in [-0.05, 0) is 56.9 Å². The predicted octanol–water partition coefficient (Wildman–Crippen LogP) is 3.45. The summed E-state index contributed by atoms with van der Waals surface area (Å²) in [4.78, 5) is 17.7. The van der Waals surface area contributed by atoms with E-state index in [1.807, 2.05) is 30.5 Å². The van der Waals surface area contributed by atoms with Crippen LogP contribution in [0.15, 0.2) is 36.7 Å². The summed E-state index contributed by atoms with van der Waals surface area (Å²) >= 11 is 0. The van der Waals surface area contributed by atoms with Gasteiger partial charge in [-0.25, -0.2) is 9.50 Å². The SMILES string of the molecule is CC(=O)N(C)c1ccc(Nc2c(C)c(NC3CCC(N)CC3)nn3ccnc23)cc1. The highest BCUT2D eigenvalue weighted by Gasteiger charge is 2.21. The van der Waals surface area contributed by atoms with E-state index < -0.39 is 0 Å². The van der Waals surface area contributed by atoms with Crippen molar-refractivity contribution < 1.29 is 4.79 Å². The van der Waals surface area contributed by atoms with Gasteiger partial charge in [-0.15, -0.1) is 5.10 Å². The van der Waals surface area contributed by atoms with Crippen molar-refractivity contribution in [1.29, 1.82) is 0 Å². The highest BCUT2D eigenvalue weighted by atomic mass is 16.2. The number of carbonyl (C=O) groups excluding carboxylic acids is 1. The van der Waals surface area contributed by atoms with E-state index in [4.69, 9.17) is 10.8 Å². The Bertz CT molecular complexity index is 1040. The Labute approximate surface area is 176 Å². The van der Waals surface area contributed by atoms with Crippen molar-refractivity contribution in [3.8, 4) is 0 Å². The molecule has 0 radical (unpaired) electrons. The standard InChI is InChI=1S/C22H29N7O/c1-14-20(25-17-8-10-19(11-9-17)28(3)15(2)30)22-24-12-13-29(22)27-21(14)26-18-6-4-16(23)5-7-18/h8-13,16,18,25H,4-7,23H2,1-3H3,(H,26,27). The van der Waals surface area contributed by atoms with E-state index in [9.17, 15) is 4.79 Å². The lowest BCUT2D eigenvalue weighted by Gasteiger charge is -2.28. The Kier molecular flexibility index (Phi) is 5.59. The van der Waals surface area contributed by atoms with Crippen molar-refractivity contribution in [2.24, 2.45) is 5.73 Å². The molecule has 4 rings (SSSR count). The van der Waals surface area contributed by atoms with Gasteiger partial charge in [0.1, 0.15) is 0 Å². The summed E-state index contributed by atoms with van der Waals surface area (Å²) in [7, 11) is 1.77. The molecule has 0 bridgehead atoms. The topological polar surface area (TPSA) is 101 Å². The lowest BCUT2D eigenvalue weighted by atomic mass is 9.92. The molecule has 0 spiro atoms. The normalized spacial score (nSPS) is 18.9. The third-order valence-corrected chi connectivity index (χ3v) is 5.89. The highest BCUT2D eigenvalue weighted by molar-refractivity contribution is 5.91. The van der Waals surface area contributed by atoms with Crippen LogP contribution in [0, 0.1) is 6.92 Å². The molecule has 1 saturated carbocycles. The summed E-state index contributed by atoms with van der Waals surface area (Å²) in [5.41, 5.74) is 10.5. The van der Waals surface area contributed by atoms with Crippen molar-refractivity contribution in [3.05, 3.63) is 42.2 Å². The van der Waals surface area contributed by atoms with Gasteiger partial charge in [-0.1, -0.05) is 0 Å². The van der Waals surface area contributed by atoms with Gasteiger partial charge in [-0.2, -0.15) is 0 Å². The first kappa shape index (κ1) is 20.2. The Balaban J connectivity index is 1.61. The maximum absolute atomic E-state index is 11.6. The first-order valence-electron chi connectivity index (χ1n) is 10.4. The molecular formula is C22H29N7O. The molecular weight excluding hydrogens is 378 g/mol. The van der Waals surface area contributed by atoms with Crippen molar-refractivity contribution in [2.75, 3.05) is 22.6 Å². The number of fused-ring (bicyclic) bond motifs is 1. The molecule has 1 fully saturated rings. The number of imidazole rings is 1. The Morgan fingerprint density at radius 2 is 1.90 bits per heavy atom. The fraction of sp³-hybridized carbons (Fsp3) is 0.409. The zero-order valence-corrected chi connectivity index (χ0v) is 17.7. The fourth-order valence-corrected chi connectivity index (χ4v) is 3.86. The number of hydrogen-bond donors (Lipinski definition) is 3. The molecule has 0 unspecified atom stereocenters. The zero-order valence-electron chi connectivity index (χ0n) is 17.7. The second kappa shape index (κ2) is 8.31. The average Bonchev–Trinajstić information content (AvgIpc) is 3.21. The number of carbonyl (C=O) groups is 1. The minimum atomic E-state index is -0.000772. The van der Waals surface area contributed by atoms with E-state index in [0.29, 0.717) is 12.1 Å². The molecule has 1 aliphatic rings. The molecule has 4 N–H and O–H groups in total. The molecule has 0 atom stereocenters. The summed E-state index contributed by atoms with van der Waals surface area (Å²) in [5.74, 6) is 0.857. The molecule has 30 heavy (non-hydrogen) atoms. The monoisotopic (exact) mass is 407 g/mol. The molecule has 1 aromatic carbocycles. The van der Waals surface area contributed by atoms with Gasteiger partial charge in [0.05, 0.1) is 5.69 Å². The third-order valence-electron chi connectivity index (χ3n) is 5.89. The van der Waals surface area contributed by atoms with Crippen LogP contribution in [0.25, 0.3) is 5.65 Å². The van der Waals surface area contributed by atoms with E-state index in [2.05, 4.69) is 22.5 Å². The van der Waals surface area contributed by atoms with Crippen LogP contribution in [0.2, 0.25) is 0 Å². The van der Waals surface area contributed by atoms with Crippen molar-refractivity contribution in [3.63, 3.8) is 0 Å². The summed E-state index contributed by atoms with van der Waals surface area (Å²) in [6.07, 6.45) is 7.79. The number of nitrogens with zero attached hydrogens (tertiary/aromatic N) is 4. The molecule has 3 aromatic rings. The van der Waals surface area contributed by atoms with Crippen LogP contribution < -0.4 is 21.3 Å². The second-order valence-corrected chi connectivity index (χ2v) is 8.05. The number of nitrogens with two attached hydrogens (primary N) is 1. The van der Waals surface area contributed by atoms with Gasteiger partial charge < -0.3 is 21.3 Å². The summed E-state index contributed by atoms with van der Waals surface area (Å²) < 4.78 is 1.80. The van der Waals surface area contributed by atoms with E-state index >= 15 is 0 Å². The Hall–Kier alpha value is -3.13. The number of benzene rings is 1. The quantitative estimate of drug-likeness (QED) is 0.599. The van der Waals surface area contributed by atoms with Crippen LogP contribution in [0.5, 0.6) is 0 Å². The maximum atomic E-state index is 11.6. The van der Waals surface area contributed by atoms with Crippen LogP contribution >= 0.6 is 0 Å². The lowest BCUT2D eigenvalue weighted by molar-refractivity contribution is -0.116. The minimum absolute atomic E-state index is 0.000772. The van der Waals surface area contributed by atoms with Crippen molar-refractivity contribution >= 4 is 34.4 Å². The first-order chi connectivity index (χ1) is 14.4. The number of aromatic nitrogens is 3. The van der Waals surface area contributed by atoms with Gasteiger partial charge in [0.2, 0.25) is 5.91 Å². The van der Waals surface area contributed by atoms with Crippen LogP contribution in [0.3, 0.4) is 0 Å². The molecule has 8 heteroatoms. The number of hydrogen-bond acceptors (Lipinski definition) is 6. The molecule has 8 nitrogen and oxygen atoms in total. The average molecular weight is 408 g/mol. The number of rotatable bonds is 5. The van der Waals surface area contributed by atoms with E-state index in [1.54, 1.807) is 29.6 Å². The Morgan fingerprint density at radius 1 is 1.20 bits per heavy atom. The van der Waals surface area contributed by atoms with Crippen LogP contribution in [0.1, 0.15) is 38.2 Å². The second-order valence-electron chi connectivity index (χ2n) is 8.05. The fourth-order valence-electron chi connectivity index (χ4n) is 3.86. The number of anilines is 4. The maximum Gasteiger partial charge on any atom is 0.223 e. The van der Waals surface area contributed by atoms with E-state index in [-0.39, 0.29) is 5.91 Å². The highest BCUT2D eigenvalue weighted by Crippen LogP contribution is 2.31. The Morgan fingerprint density at radius 3 is 2.57 bits per heavy atom. The largest absolute Gasteiger partial charge is 0.366 e. The predicted molar refractivity (Wildman–Crippen MR) is 120 cm³/mol. The van der Waals surface area contributed by atoms with Crippen LogP contribution in [-0.2, 0) is 4.79 Å². The minimum Gasteiger partial charge on any atom is -0.366 e. The van der Waals surface area contributed by atoms with Gasteiger partial charge >= 0.3 is 0 Å². The number of amides is 1. The molecule has 0 aliphatic heterocycles. The third kappa shape index (κ3) is 4.09. The van der Waals surface area contributed by atoms with Gasteiger partial charge in [0, 0.05) is 55.4 Å². The molecule has 0 saturated heterocycles. The van der Waals surface area contributed by atoms with Gasteiger partial charge in [-0.3, -0.25) is 4.79 Å². The van der Waals surface area contributed by atoms with E-state index in [0.717, 1.165) is 59.8 Å². The van der Waals surface area contributed by atoms with E-state index in [1.165, 1.54) is 0 Å². The molecule has 2 heterocycles. The smallest absolute Gasteiger partial charge is 0.223 e. The summed E-state index contributed by atoms with van der Waals surface area (Å²) in [5, 5.41) is 11.8. The first-order valence-corrected chi connectivity index (χ1v) is 10.4. The summed E-state index contributed by atoms with van der Waals surface area (Å²) in [6.45, 7) is 3.61. The lowest BCUT2D eigenvalue weighted by Crippen LogP contribution is -2.33. The summed E-state index contributed by atoms with van der Waals surface area (Å²) in [6, 6.07) is 8.47. The van der Waals surface area contributed by atoms with Crippen LogP contribution in [-0.4, -0.2) is 39.6 Å². The molecule has 1 amide bonds. The van der Waals surface area contributed by atoms with Crippen LogP contribution in [0.4, 0.5) is 22.9 Å².